The van der Waals surface area contributed by atoms with Crippen LogP contribution < -0.4 is 15.4 Å². The molecule has 0 radical (unpaired) electrons. The van der Waals surface area contributed by atoms with Crippen molar-refractivity contribution in [1.82, 2.24) is 15.2 Å². The maximum Gasteiger partial charge on any atom is 0.514 e. The van der Waals surface area contributed by atoms with Crippen molar-refractivity contribution < 1.29 is 33.8 Å². The third-order valence-electron chi connectivity index (χ3n) is 6.37. The first kappa shape index (κ1) is 25.4. The highest BCUT2D eigenvalue weighted by Gasteiger charge is 2.45. The lowest BCUT2D eigenvalue weighted by atomic mass is 9.84. The normalized spacial score (nSPS) is 19.0. The summed E-state index contributed by atoms with van der Waals surface area (Å²) in [6.07, 6.45) is 4.66. The number of ether oxygens (including phenoxy) is 2. The van der Waals surface area contributed by atoms with E-state index in [0.717, 1.165) is 48.3 Å². The Bertz CT molecular complexity index is 1130. The van der Waals surface area contributed by atoms with Crippen molar-refractivity contribution >= 4 is 40.5 Å². The van der Waals surface area contributed by atoms with E-state index in [0.29, 0.717) is 12.0 Å². The van der Waals surface area contributed by atoms with Crippen LogP contribution >= 0.6 is 11.3 Å². The van der Waals surface area contributed by atoms with Gasteiger partial charge in [-0.05, 0) is 30.0 Å². The first-order valence-corrected chi connectivity index (χ1v) is 12.7. The number of hydrogen-bond donors (Lipinski definition) is 3. The fraction of sp³-hybridized carbons (Fsp3) is 0.458. The summed E-state index contributed by atoms with van der Waals surface area (Å²) < 4.78 is 9.29. The molecule has 2 fully saturated rings. The predicted octanol–water partition coefficient (Wildman–Crippen LogP) is 3.43. The summed E-state index contributed by atoms with van der Waals surface area (Å²) >= 11 is 1.04. The van der Waals surface area contributed by atoms with Gasteiger partial charge in [-0.25, -0.2) is 14.5 Å². The number of aromatic nitrogens is 1. The van der Waals surface area contributed by atoms with Crippen molar-refractivity contribution in [2.45, 2.75) is 57.0 Å². The number of rotatable bonds is 8. The Hall–Kier alpha value is -3.67. The number of methoxy groups -OCH3 is 1. The molecule has 2 aromatic rings. The van der Waals surface area contributed by atoms with Gasteiger partial charge in [0.1, 0.15) is 17.8 Å². The smallest absolute Gasteiger partial charge is 0.508 e. The highest BCUT2D eigenvalue weighted by Crippen LogP contribution is 2.31. The summed E-state index contributed by atoms with van der Waals surface area (Å²) in [5, 5.41) is 16.7. The number of benzene rings is 1. The maximum absolute atomic E-state index is 13.4. The first-order chi connectivity index (χ1) is 17.3. The maximum atomic E-state index is 13.4. The third-order valence-corrected chi connectivity index (χ3v) is 7.10. The topological polar surface area (TPSA) is 147 Å². The molecule has 4 amide bonds. The number of phenolic OH excluding ortho intramolecular Hbond substituents is 1. The number of urea groups is 1. The second kappa shape index (κ2) is 11.4. The van der Waals surface area contributed by atoms with Gasteiger partial charge in [0.15, 0.2) is 5.13 Å². The number of carbonyl (C=O) groups excluding carboxylic acids is 4. The van der Waals surface area contributed by atoms with Crippen molar-refractivity contribution in [3.8, 4) is 11.6 Å². The third kappa shape index (κ3) is 6.11. The number of amides is 4. The highest BCUT2D eigenvalue weighted by molar-refractivity contribution is 7.14. The standard InChI is InChI=1S/C24H28N4O7S/c1-34-24(33)35-19-13-36-22(26-19)27-20(30)18(12-14-6-3-2-4-7-14)28-21(31)17(25-23(28)32)11-15-8-5-9-16(29)10-15/h5,8-10,13-14,17-18,29H,2-4,6-7,11-12H2,1H3,(H,25,32)(H,26,27,30)/t17-,18-/m0/s1. The Morgan fingerprint density at radius 3 is 2.78 bits per heavy atom. The number of carbonyl (C=O) groups is 4. The molecule has 0 spiro atoms. The molecule has 12 heteroatoms. The van der Waals surface area contributed by atoms with Crippen LogP contribution in [0.25, 0.3) is 0 Å². The lowest BCUT2D eigenvalue weighted by Gasteiger charge is -2.30. The summed E-state index contributed by atoms with van der Waals surface area (Å²) in [5.74, 6) is -0.800. The average Bonchev–Trinajstić information content (AvgIpc) is 3.40. The molecule has 1 aromatic heterocycles. The van der Waals surface area contributed by atoms with Gasteiger partial charge in [0.25, 0.3) is 5.91 Å². The fourth-order valence-electron chi connectivity index (χ4n) is 4.65. The minimum Gasteiger partial charge on any atom is -0.508 e. The number of hydrogen-bond acceptors (Lipinski definition) is 9. The quantitative estimate of drug-likeness (QED) is 0.357. The van der Waals surface area contributed by atoms with Gasteiger partial charge in [0.05, 0.1) is 12.5 Å². The Balaban J connectivity index is 1.51. The van der Waals surface area contributed by atoms with Gasteiger partial charge in [-0.3, -0.25) is 9.59 Å². The van der Waals surface area contributed by atoms with E-state index < -0.39 is 36.1 Å². The van der Waals surface area contributed by atoms with Crippen molar-refractivity contribution in [3.05, 3.63) is 35.2 Å². The van der Waals surface area contributed by atoms with Crippen molar-refractivity contribution in [2.24, 2.45) is 5.92 Å². The molecule has 0 bridgehead atoms. The lowest BCUT2D eigenvalue weighted by Crippen LogP contribution is -2.49. The fourth-order valence-corrected chi connectivity index (χ4v) is 5.26. The first-order valence-electron chi connectivity index (χ1n) is 11.8. The van der Waals surface area contributed by atoms with E-state index in [2.05, 4.69) is 20.4 Å². The van der Waals surface area contributed by atoms with Gasteiger partial charge < -0.3 is 25.2 Å². The lowest BCUT2D eigenvalue weighted by molar-refractivity contribution is -0.134. The minimum atomic E-state index is -1.02. The molecular weight excluding hydrogens is 488 g/mol. The molecule has 36 heavy (non-hydrogen) atoms. The molecule has 1 aromatic carbocycles. The van der Waals surface area contributed by atoms with Crippen LogP contribution in [0.1, 0.15) is 44.1 Å². The second-order valence-corrected chi connectivity index (χ2v) is 9.73. The highest BCUT2D eigenvalue weighted by atomic mass is 32.1. The molecule has 2 atom stereocenters. The minimum absolute atomic E-state index is 0.0350. The van der Waals surface area contributed by atoms with Gasteiger partial charge in [0.2, 0.25) is 11.8 Å². The summed E-state index contributed by atoms with van der Waals surface area (Å²) in [5.41, 5.74) is 0.685. The van der Waals surface area contributed by atoms with E-state index in [-0.39, 0.29) is 29.1 Å². The number of imide groups is 1. The van der Waals surface area contributed by atoms with Crippen molar-refractivity contribution in [1.29, 1.82) is 0 Å². The number of nitrogens with one attached hydrogen (secondary N) is 2. The summed E-state index contributed by atoms with van der Waals surface area (Å²) in [4.78, 5) is 56.0. The molecule has 1 aliphatic carbocycles. The Labute approximate surface area is 211 Å². The van der Waals surface area contributed by atoms with E-state index in [1.807, 2.05) is 0 Å². The summed E-state index contributed by atoms with van der Waals surface area (Å²) in [7, 11) is 1.17. The molecule has 1 saturated heterocycles. The molecule has 192 valence electrons. The number of thiazole rings is 1. The van der Waals surface area contributed by atoms with E-state index in [4.69, 9.17) is 4.74 Å². The van der Waals surface area contributed by atoms with Crippen molar-refractivity contribution in [3.63, 3.8) is 0 Å². The zero-order chi connectivity index (χ0) is 25.7. The SMILES string of the molecule is COC(=O)Oc1csc(NC(=O)[C@H](CC2CCCCC2)N2C(=O)N[C@@H](Cc3cccc(O)c3)C2=O)n1. The van der Waals surface area contributed by atoms with Gasteiger partial charge in [0, 0.05) is 6.42 Å². The molecule has 2 heterocycles. The number of aromatic hydroxyl groups is 1. The van der Waals surface area contributed by atoms with Gasteiger partial charge in [-0.1, -0.05) is 44.2 Å². The molecule has 1 aliphatic heterocycles. The summed E-state index contributed by atoms with van der Waals surface area (Å²) in [6.45, 7) is 0. The number of phenols is 1. The van der Waals surface area contributed by atoms with E-state index in [9.17, 15) is 24.3 Å². The van der Waals surface area contributed by atoms with Crippen molar-refractivity contribution in [2.75, 3.05) is 12.4 Å². The van der Waals surface area contributed by atoms with Gasteiger partial charge in [-0.15, -0.1) is 11.3 Å². The van der Waals surface area contributed by atoms with Gasteiger partial charge >= 0.3 is 12.2 Å². The zero-order valence-corrected chi connectivity index (χ0v) is 20.6. The van der Waals surface area contributed by atoms with Crippen LogP contribution in [0.2, 0.25) is 0 Å². The molecule has 4 rings (SSSR count). The van der Waals surface area contributed by atoms with Crippen LogP contribution in [0, 0.1) is 5.92 Å². The molecule has 1 saturated carbocycles. The van der Waals surface area contributed by atoms with Crippen LogP contribution in [0.4, 0.5) is 14.7 Å². The average molecular weight is 517 g/mol. The van der Waals surface area contributed by atoms with Crippen LogP contribution in [0.15, 0.2) is 29.6 Å². The number of nitrogens with zero attached hydrogens (tertiary/aromatic N) is 2. The molecule has 3 N–H and O–H groups in total. The predicted molar refractivity (Wildman–Crippen MR) is 130 cm³/mol. The Morgan fingerprint density at radius 2 is 2.06 bits per heavy atom. The van der Waals surface area contributed by atoms with Gasteiger partial charge in [-0.2, -0.15) is 4.98 Å². The van der Waals surface area contributed by atoms with Crippen LogP contribution in [0.3, 0.4) is 0 Å². The molecule has 11 nitrogen and oxygen atoms in total. The number of anilines is 1. The molecule has 0 unspecified atom stereocenters. The van der Waals surface area contributed by atoms with Crippen LogP contribution in [0.5, 0.6) is 11.6 Å². The molecule has 2 aliphatic rings. The van der Waals surface area contributed by atoms with Crippen LogP contribution in [-0.4, -0.2) is 58.2 Å². The van der Waals surface area contributed by atoms with E-state index in [1.165, 1.54) is 24.6 Å². The molecular formula is C24H28N4O7S. The largest absolute Gasteiger partial charge is 0.514 e. The van der Waals surface area contributed by atoms with E-state index >= 15 is 0 Å². The second-order valence-electron chi connectivity index (χ2n) is 8.88. The zero-order valence-electron chi connectivity index (χ0n) is 19.8. The Kier molecular flexibility index (Phi) is 8.04. The van der Waals surface area contributed by atoms with E-state index in [1.54, 1.807) is 12.1 Å². The monoisotopic (exact) mass is 516 g/mol. The Morgan fingerprint density at radius 1 is 1.28 bits per heavy atom. The summed E-state index contributed by atoms with van der Waals surface area (Å²) in [6, 6.07) is 3.97. The van der Waals surface area contributed by atoms with Crippen LogP contribution in [-0.2, 0) is 20.7 Å².